The predicted molar refractivity (Wildman–Crippen MR) is 58.8 cm³/mol. The maximum atomic E-state index is 11.3. The standard InChI is InChI=1S/C10H9BrOS/c11-8-5-9(13-6-8)3-4-10(12)7-1-2-7/h3-7H,1-2H2/b4-3+. The Morgan fingerprint density at radius 3 is 2.92 bits per heavy atom. The van der Waals surface area contributed by atoms with Gasteiger partial charge in [-0.05, 0) is 47.0 Å². The van der Waals surface area contributed by atoms with E-state index < -0.39 is 0 Å². The molecule has 1 aliphatic carbocycles. The van der Waals surface area contributed by atoms with Gasteiger partial charge in [-0.25, -0.2) is 0 Å². The van der Waals surface area contributed by atoms with Crippen LogP contribution in [0.2, 0.25) is 0 Å². The predicted octanol–water partition coefficient (Wildman–Crippen LogP) is 3.50. The minimum absolute atomic E-state index is 0.282. The summed E-state index contributed by atoms with van der Waals surface area (Å²) in [6.45, 7) is 0. The highest BCUT2D eigenvalue weighted by Gasteiger charge is 2.27. The van der Waals surface area contributed by atoms with Gasteiger partial charge in [-0.3, -0.25) is 4.79 Å². The second-order valence-electron chi connectivity index (χ2n) is 3.18. The second kappa shape index (κ2) is 3.76. The van der Waals surface area contributed by atoms with Gasteiger partial charge < -0.3 is 0 Å². The van der Waals surface area contributed by atoms with Gasteiger partial charge in [0.05, 0.1) is 0 Å². The Morgan fingerprint density at radius 1 is 1.62 bits per heavy atom. The van der Waals surface area contributed by atoms with Gasteiger partial charge >= 0.3 is 0 Å². The summed E-state index contributed by atoms with van der Waals surface area (Å²) in [4.78, 5) is 12.4. The van der Waals surface area contributed by atoms with E-state index in [-0.39, 0.29) is 5.78 Å². The monoisotopic (exact) mass is 256 g/mol. The Balaban J connectivity index is 2.00. The highest BCUT2D eigenvalue weighted by molar-refractivity contribution is 9.10. The quantitative estimate of drug-likeness (QED) is 0.757. The summed E-state index contributed by atoms with van der Waals surface area (Å²) in [5.74, 6) is 0.615. The first kappa shape index (κ1) is 9.16. The van der Waals surface area contributed by atoms with Crippen molar-refractivity contribution in [2.24, 2.45) is 5.92 Å². The van der Waals surface area contributed by atoms with Gasteiger partial charge in [-0.2, -0.15) is 0 Å². The third-order valence-electron chi connectivity index (χ3n) is 1.98. The highest BCUT2D eigenvalue weighted by atomic mass is 79.9. The Labute approximate surface area is 89.6 Å². The molecule has 0 N–H and O–H groups in total. The molecule has 13 heavy (non-hydrogen) atoms. The molecule has 1 fully saturated rings. The van der Waals surface area contributed by atoms with Gasteiger partial charge in [-0.15, -0.1) is 11.3 Å². The molecule has 68 valence electrons. The van der Waals surface area contributed by atoms with E-state index in [9.17, 15) is 4.79 Å². The Morgan fingerprint density at radius 2 is 2.38 bits per heavy atom. The topological polar surface area (TPSA) is 17.1 Å². The fraction of sp³-hybridized carbons (Fsp3) is 0.300. The van der Waals surface area contributed by atoms with Crippen molar-refractivity contribution in [3.8, 4) is 0 Å². The van der Waals surface area contributed by atoms with Crippen molar-refractivity contribution in [2.45, 2.75) is 12.8 Å². The number of allylic oxidation sites excluding steroid dienone is 1. The molecular formula is C10H9BrOS. The fourth-order valence-corrected chi connectivity index (χ4v) is 2.42. The molecule has 1 nitrogen and oxygen atoms in total. The summed E-state index contributed by atoms with van der Waals surface area (Å²) < 4.78 is 1.08. The van der Waals surface area contributed by atoms with Gasteiger partial charge in [0.2, 0.25) is 0 Å². The number of hydrogen-bond acceptors (Lipinski definition) is 2. The summed E-state index contributed by atoms with van der Waals surface area (Å²) in [5.41, 5.74) is 0. The third kappa shape index (κ3) is 2.51. The molecule has 3 heteroatoms. The van der Waals surface area contributed by atoms with Crippen LogP contribution in [0.15, 0.2) is 22.0 Å². The minimum atomic E-state index is 0.282. The molecule has 1 aliphatic rings. The molecule has 0 atom stereocenters. The first-order valence-electron chi connectivity index (χ1n) is 4.21. The number of rotatable bonds is 3. The zero-order valence-electron chi connectivity index (χ0n) is 7.00. The van der Waals surface area contributed by atoms with Crippen LogP contribution in [0.5, 0.6) is 0 Å². The lowest BCUT2D eigenvalue weighted by Gasteiger charge is -1.85. The lowest BCUT2D eigenvalue weighted by molar-refractivity contribution is -0.115. The number of carbonyl (C=O) groups is 1. The van der Waals surface area contributed by atoms with Crippen LogP contribution in [-0.2, 0) is 4.79 Å². The van der Waals surface area contributed by atoms with E-state index in [4.69, 9.17) is 0 Å². The van der Waals surface area contributed by atoms with Crippen molar-refractivity contribution >= 4 is 39.1 Å². The van der Waals surface area contributed by atoms with Gasteiger partial charge in [0.1, 0.15) is 0 Å². The van der Waals surface area contributed by atoms with Crippen molar-refractivity contribution in [1.82, 2.24) is 0 Å². The van der Waals surface area contributed by atoms with Crippen molar-refractivity contribution < 1.29 is 4.79 Å². The lowest BCUT2D eigenvalue weighted by Crippen LogP contribution is -1.92. The van der Waals surface area contributed by atoms with Crippen LogP contribution in [0.4, 0.5) is 0 Å². The minimum Gasteiger partial charge on any atom is -0.295 e. The van der Waals surface area contributed by atoms with Gasteiger partial charge in [-0.1, -0.05) is 0 Å². The molecule has 0 unspecified atom stereocenters. The van der Waals surface area contributed by atoms with Crippen LogP contribution in [0.25, 0.3) is 6.08 Å². The third-order valence-corrected chi connectivity index (χ3v) is 3.64. The number of halogens is 1. The van der Waals surface area contributed by atoms with Crippen molar-refractivity contribution in [1.29, 1.82) is 0 Å². The maximum absolute atomic E-state index is 11.3. The number of ketones is 1. The van der Waals surface area contributed by atoms with E-state index in [1.165, 1.54) is 0 Å². The molecule has 1 aromatic rings. The summed E-state index contributed by atoms with van der Waals surface area (Å²) in [6.07, 6.45) is 5.76. The lowest BCUT2D eigenvalue weighted by atomic mass is 10.2. The molecule has 1 aromatic heterocycles. The second-order valence-corrected chi connectivity index (χ2v) is 5.04. The molecular weight excluding hydrogens is 248 g/mol. The highest BCUT2D eigenvalue weighted by Crippen LogP contribution is 2.30. The van der Waals surface area contributed by atoms with Gasteiger partial charge in [0, 0.05) is 20.6 Å². The average molecular weight is 257 g/mol. The van der Waals surface area contributed by atoms with Gasteiger partial charge in [0.15, 0.2) is 5.78 Å². The smallest absolute Gasteiger partial charge is 0.158 e. The molecule has 0 amide bonds. The molecule has 0 saturated heterocycles. The van der Waals surface area contributed by atoms with Gasteiger partial charge in [0.25, 0.3) is 0 Å². The molecule has 0 spiro atoms. The Bertz CT molecular complexity index is 350. The summed E-state index contributed by atoms with van der Waals surface area (Å²) in [6, 6.07) is 2.02. The zero-order chi connectivity index (χ0) is 9.26. The number of thiophene rings is 1. The van der Waals surface area contributed by atoms with E-state index in [1.807, 2.05) is 17.5 Å². The van der Waals surface area contributed by atoms with Crippen LogP contribution in [0.3, 0.4) is 0 Å². The zero-order valence-corrected chi connectivity index (χ0v) is 9.40. The largest absolute Gasteiger partial charge is 0.295 e. The normalized spacial score (nSPS) is 16.7. The molecule has 0 bridgehead atoms. The molecule has 0 aliphatic heterocycles. The van der Waals surface area contributed by atoms with E-state index >= 15 is 0 Å². The maximum Gasteiger partial charge on any atom is 0.158 e. The van der Waals surface area contributed by atoms with Crippen LogP contribution in [-0.4, -0.2) is 5.78 Å². The van der Waals surface area contributed by atoms with Crippen LogP contribution in [0, 0.1) is 5.92 Å². The van der Waals surface area contributed by atoms with E-state index in [2.05, 4.69) is 15.9 Å². The van der Waals surface area contributed by atoms with Crippen LogP contribution >= 0.6 is 27.3 Å². The Kier molecular flexibility index (Phi) is 2.65. The Hall–Kier alpha value is -0.410. The molecule has 1 heterocycles. The number of hydrogen-bond donors (Lipinski definition) is 0. The summed E-state index contributed by atoms with van der Waals surface area (Å²) in [7, 11) is 0. The van der Waals surface area contributed by atoms with E-state index in [1.54, 1.807) is 17.4 Å². The first-order valence-corrected chi connectivity index (χ1v) is 5.89. The molecule has 0 radical (unpaired) electrons. The van der Waals surface area contributed by atoms with Crippen LogP contribution < -0.4 is 0 Å². The van der Waals surface area contributed by atoms with Crippen molar-refractivity contribution in [3.05, 3.63) is 26.9 Å². The average Bonchev–Trinajstić information content (AvgIpc) is 2.87. The first-order chi connectivity index (χ1) is 6.25. The van der Waals surface area contributed by atoms with Crippen molar-refractivity contribution in [2.75, 3.05) is 0 Å². The number of carbonyl (C=O) groups excluding carboxylic acids is 1. The van der Waals surface area contributed by atoms with Crippen LogP contribution in [0.1, 0.15) is 17.7 Å². The SMILES string of the molecule is O=C(/C=C/c1cc(Br)cs1)C1CC1. The molecule has 1 saturated carbocycles. The molecule has 0 aromatic carbocycles. The van der Waals surface area contributed by atoms with Crippen molar-refractivity contribution in [3.63, 3.8) is 0 Å². The molecule has 2 rings (SSSR count). The fourth-order valence-electron chi connectivity index (χ4n) is 1.08. The summed E-state index contributed by atoms with van der Waals surface area (Å²) >= 11 is 5.01. The summed E-state index contributed by atoms with van der Waals surface area (Å²) in [5, 5.41) is 2.02. The van der Waals surface area contributed by atoms with E-state index in [0.29, 0.717) is 5.92 Å². The van der Waals surface area contributed by atoms with E-state index in [0.717, 1.165) is 22.2 Å².